The maximum Gasteiger partial charge on any atom is 0.238 e. The second-order valence-electron chi connectivity index (χ2n) is 11.6. The number of furan rings is 1. The summed E-state index contributed by atoms with van der Waals surface area (Å²) < 4.78 is 8.89. The number of hydrogen-bond acceptors (Lipinski definition) is 5. The molecule has 0 amide bonds. The zero-order valence-electron chi connectivity index (χ0n) is 23.8. The molecule has 4 aromatic heterocycles. The van der Waals surface area contributed by atoms with E-state index in [4.69, 9.17) is 19.4 Å². The number of aromatic nitrogens is 4. The zero-order valence-corrected chi connectivity index (χ0v) is 23.8. The molecule has 10 aromatic rings. The molecule has 0 radical (unpaired) electrons. The molecule has 0 fully saturated rings. The van der Waals surface area contributed by atoms with Crippen LogP contribution in [0, 0.1) is 0 Å². The Morgan fingerprint density at radius 1 is 0.422 bits per heavy atom. The van der Waals surface area contributed by atoms with Crippen molar-refractivity contribution in [3.8, 4) is 22.8 Å². The molecule has 0 saturated carbocycles. The summed E-state index contributed by atoms with van der Waals surface area (Å²) in [6.45, 7) is 0. The van der Waals surface area contributed by atoms with Gasteiger partial charge >= 0.3 is 0 Å². The van der Waals surface area contributed by atoms with Crippen molar-refractivity contribution in [1.82, 2.24) is 19.4 Å². The predicted molar refractivity (Wildman–Crippen MR) is 181 cm³/mol. The Kier molecular flexibility index (Phi) is 4.24. The molecule has 0 bridgehead atoms. The van der Waals surface area contributed by atoms with Gasteiger partial charge in [-0.25, -0.2) is 4.98 Å². The van der Waals surface area contributed by atoms with Gasteiger partial charge in [0, 0.05) is 32.7 Å². The Bertz CT molecular complexity index is 2760. The van der Waals surface area contributed by atoms with E-state index in [1.807, 2.05) is 60.7 Å². The van der Waals surface area contributed by atoms with E-state index in [9.17, 15) is 0 Å². The van der Waals surface area contributed by atoms with Crippen LogP contribution in [-0.4, -0.2) is 19.4 Å². The zero-order chi connectivity index (χ0) is 29.2. The SMILES string of the molecule is c1ccc(-c2nc(-c3ccccc3)nc(N3c4cccc5c6cccc7oc8ccc9c%10cccc3c%10n(c45)c9c8c76)n2)cc1. The van der Waals surface area contributed by atoms with E-state index in [1.54, 1.807) is 0 Å². The molecule has 11 rings (SSSR count). The van der Waals surface area contributed by atoms with Crippen LogP contribution in [0.15, 0.2) is 132 Å². The highest BCUT2D eigenvalue weighted by Crippen LogP contribution is 2.52. The molecule has 0 aliphatic carbocycles. The van der Waals surface area contributed by atoms with Gasteiger partial charge in [-0.2, -0.15) is 9.97 Å². The Morgan fingerprint density at radius 3 is 1.64 bits per heavy atom. The molecule has 6 nitrogen and oxygen atoms in total. The summed E-state index contributed by atoms with van der Waals surface area (Å²) >= 11 is 0. The van der Waals surface area contributed by atoms with Crippen molar-refractivity contribution < 1.29 is 4.42 Å². The summed E-state index contributed by atoms with van der Waals surface area (Å²) in [5.41, 5.74) is 9.16. The van der Waals surface area contributed by atoms with Crippen LogP contribution in [0.1, 0.15) is 0 Å². The van der Waals surface area contributed by atoms with Gasteiger partial charge in [0.25, 0.3) is 0 Å². The summed E-state index contributed by atoms with van der Waals surface area (Å²) in [6, 6.07) is 44.0. The summed E-state index contributed by atoms with van der Waals surface area (Å²) in [6.07, 6.45) is 0. The second-order valence-corrected chi connectivity index (χ2v) is 11.6. The van der Waals surface area contributed by atoms with Crippen LogP contribution in [0.25, 0.3) is 82.8 Å². The second kappa shape index (κ2) is 8.21. The van der Waals surface area contributed by atoms with Crippen molar-refractivity contribution in [2.24, 2.45) is 0 Å². The third-order valence-corrected chi connectivity index (χ3v) is 9.29. The smallest absolute Gasteiger partial charge is 0.238 e. The minimum absolute atomic E-state index is 0.578. The van der Waals surface area contributed by atoms with Crippen LogP contribution >= 0.6 is 0 Å². The number of hydrogen-bond donors (Lipinski definition) is 0. The molecule has 6 aromatic carbocycles. The van der Waals surface area contributed by atoms with Gasteiger partial charge in [0.2, 0.25) is 5.95 Å². The van der Waals surface area contributed by atoms with Gasteiger partial charge in [0.1, 0.15) is 11.2 Å². The molecule has 1 aliphatic heterocycles. The van der Waals surface area contributed by atoms with Crippen molar-refractivity contribution in [1.29, 1.82) is 0 Å². The van der Waals surface area contributed by atoms with Gasteiger partial charge in [-0.3, -0.25) is 4.90 Å². The van der Waals surface area contributed by atoms with E-state index >= 15 is 0 Å². The van der Waals surface area contributed by atoms with E-state index in [2.05, 4.69) is 76.0 Å². The first-order chi connectivity index (χ1) is 22.3. The van der Waals surface area contributed by atoms with Crippen LogP contribution in [0.4, 0.5) is 17.3 Å². The fourth-order valence-corrected chi connectivity index (χ4v) is 7.47. The van der Waals surface area contributed by atoms with Crippen LogP contribution in [-0.2, 0) is 0 Å². The fraction of sp³-hybridized carbons (Fsp3) is 0. The molecule has 0 atom stereocenters. The minimum atomic E-state index is 0.578. The molecule has 1 aliphatic rings. The Labute approximate surface area is 255 Å². The molecule has 0 unspecified atom stereocenters. The maximum atomic E-state index is 6.44. The fourth-order valence-electron chi connectivity index (χ4n) is 7.47. The van der Waals surface area contributed by atoms with Crippen LogP contribution in [0.2, 0.25) is 0 Å². The first kappa shape index (κ1) is 23.2. The maximum absolute atomic E-state index is 6.44. The highest BCUT2D eigenvalue weighted by Gasteiger charge is 2.31. The van der Waals surface area contributed by atoms with Crippen molar-refractivity contribution in [3.05, 3.63) is 127 Å². The minimum Gasteiger partial charge on any atom is -0.456 e. The van der Waals surface area contributed by atoms with Gasteiger partial charge in [-0.15, -0.1) is 0 Å². The highest BCUT2D eigenvalue weighted by atomic mass is 16.3. The number of fused-ring (bicyclic) bond motifs is 2. The molecule has 6 heteroatoms. The lowest BCUT2D eigenvalue weighted by Crippen LogP contribution is -2.19. The molecule has 0 saturated heterocycles. The molecule has 0 N–H and O–H groups in total. The highest BCUT2D eigenvalue weighted by molar-refractivity contribution is 6.34. The first-order valence-electron chi connectivity index (χ1n) is 15.1. The number of nitrogens with zero attached hydrogens (tertiary/aromatic N) is 5. The molecule has 0 spiro atoms. The third-order valence-electron chi connectivity index (χ3n) is 9.29. The lowest BCUT2D eigenvalue weighted by Gasteiger charge is -2.29. The topological polar surface area (TPSA) is 59.5 Å². The van der Waals surface area contributed by atoms with Gasteiger partial charge in [-0.1, -0.05) is 97.1 Å². The average Bonchev–Trinajstić information content (AvgIpc) is 3.61. The standard InChI is InChI=1S/C39H21N5O/c1-3-10-22(11-4-1)37-40-38(23-12-5-2-6-13-23)42-39(41-37)43-28-17-7-15-25-24-14-9-19-30-32(24)33-31(45-30)21-20-27-26-16-8-18-29(43)35(26)44(34(25)28)36(27)33/h1-21H. The quantitative estimate of drug-likeness (QED) is 0.210. The number of para-hydroxylation sites is 2. The molecular weight excluding hydrogens is 554 g/mol. The van der Waals surface area contributed by atoms with E-state index in [-0.39, 0.29) is 0 Å². The van der Waals surface area contributed by atoms with Gasteiger partial charge in [0.15, 0.2) is 11.6 Å². The summed E-state index contributed by atoms with van der Waals surface area (Å²) in [5.74, 6) is 1.84. The molecular formula is C39H21N5O. The normalized spacial score (nSPS) is 12.8. The van der Waals surface area contributed by atoms with Crippen LogP contribution < -0.4 is 4.90 Å². The van der Waals surface area contributed by atoms with Gasteiger partial charge < -0.3 is 8.82 Å². The van der Waals surface area contributed by atoms with Gasteiger partial charge in [-0.05, 0) is 35.7 Å². The Morgan fingerprint density at radius 2 is 0.978 bits per heavy atom. The molecule has 5 heterocycles. The third kappa shape index (κ3) is 2.91. The van der Waals surface area contributed by atoms with E-state index < -0.39 is 0 Å². The number of rotatable bonds is 3. The van der Waals surface area contributed by atoms with Crippen molar-refractivity contribution >= 4 is 77.4 Å². The van der Waals surface area contributed by atoms with Crippen molar-refractivity contribution in [2.75, 3.05) is 4.90 Å². The lowest BCUT2D eigenvalue weighted by molar-refractivity contribution is 0.669. The monoisotopic (exact) mass is 575 g/mol. The van der Waals surface area contributed by atoms with Crippen molar-refractivity contribution in [2.45, 2.75) is 0 Å². The predicted octanol–water partition coefficient (Wildman–Crippen LogP) is 10.0. The van der Waals surface area contributed by atoms with E-state index in [1.165, 1.54) is 16.3 Å². The largest absolute Gasteiger partial charge is 0.456 e. The van der Waals surface area contributed by atoms with E-state index in [0.29, 0.717) is 17.6 Å². The van der Waals surface area contributed by atoms with Crippen LogP contribution in [0.3, 0.4) is 0 Å². The van der Waals surface area contributed by atoms with Crippen molar-refractivity contribution in [3.63, 3.8) is 0 Å². The first-order valence-corrected chi connectivity index (χ1v) is 15.1. The summed E-state index contributed by atoms with van der Waals surface area (Å²) in [4.78, 5) is 17.5. The Hall–Kier alpha value is -6.27. The summed E-state index contributed by atoms with van der Waals surface area (Å²) in [5, 5.41) is 7.02. The van der Waals surface area contributed by atoms with E-state index in [0.717, 1.165) is 66.2 Å². The Balaban J connectivity index is 1.34. The molecule has 45 heavy (non-hydrogen) atoms. The number of anilines is 3. The van der Waals surface area contributed by atoms with Crippen LogP contribution in [0.5, 0.6) is 0 Å². The average molecular weight is 576 g/mol. The molecule has 208 valence electrons. The lowest BCUT2D eigenvalue weighted by atomic mass is 10.0. The summed E-state index contributed by atoms with van der Waals surface area (Å²) in [7, 11) is 0. The number of benzene rings is 6. The van der Waals surface area contributed by atoms with Gasteiger partial charge in [0.05, 0.1) is 33.3 Å².